The highest BCUT2D eigenvalue weighted by molar-refractivity contribution is 6.04. The predicted octanol–water partition coefficient (Wildman–Crippen LogP) is 3.29. The Kier molecular flexibility index (Phi) is 2.91. The number of carbonyl (C=O) groups is 1. The second-order valence-electron chi connectivity index (χ2n) is 4.79. The summed E-state index contributed by atoms with van der Waals surface area (Å²) in [6, 6.07) is 13.7. The molecule has 3 rings (SSSR count). The first kappa shape index (κ1) is 12.3. The molecule has 0 radical (unpaired) electrons. The minimum atomic E-state index is 0.686. The molecule has 4 N–H and O–H groups in total. The number of benzene rings is 2. The molecule has 0 aliphatic carbocycles. The highest BCUT2D eigenvalue weighted by Crippen LogP contribution is 2.34. The lowest BCUT2D eigenvalue weighted by molar-refractivity contribution is -0.105. The molecule has 1 amide bonds. The molecule has 0 saturated heterocycles. The number of anilines is 2. The average molecular weight is 265 g/mol. The van der Waals surface area contributed by atoms with E-state index in [-0.39, 0.29) is 0 Å². The molecule has 3 aromatic rings. The first-order chi connectivity index (χ1) is 9.69. The Labute approximate surface area is 116 Å². The molecule has 0 unspecified atom stereocenters. The van der Waals surface area contributed by atoms with Gasteiger partial charge in [-0.1, -0.05) is 18.2 Å². The van der Waals surface area contributed by atoms with Crippen LogP contribution in [-0.2, 0) is 4.79 Å². The fourth-order valence-electron chi connectivity index (χ4n) is 2.50. The summed E-state index contributed by atoms with van der Waals surface area (Å²) >= 11 is 0. The van der Waals surface area contributed by atoms with Crippen LogP contribution in [-0.4, -0.2) is 11.4 Å². The normalized spacial score (nSPS) is 10.7. The lowest BCUT2D eigenvalue weighted by Crippen LogP contribution is -1.95. The molecule has 0 bridgehead atoms. The molecule has 0 atom stereocenters. The van der Waals surface area contributed by atoms with Gasteiger partial charge in [-0.25, -0.2) is 0 Å². The zero-order valence-electron chi connectivity index (χ0n) is 11.1. The molecule has 4 heteroatoms. The van der Waals surface area contributed by atoms with Crippen LogP contribution >= 0.6 is 0 Å². The van der Waals surface area contributed by atoms with E-state index < -0.39 is 0 Å². The Hall–Kier alpha value is -2.75. The maximum absolute atomic E-state index is 10.7. The molecule has 0 saturated carbocycles. The van der Waals surface area contributed by atoms with Crippen LogP contribution in [0.15, 0.2) is 42.5 Å². The molecule has 0 aliphatic rings. The number of aryl methyl sites for hydroxylation is 1. The summed E-state index contributed by atoms with van der Waals surface area (Å²) in [4.78, 5) is 14.0. The minimum absolute atomic E-state index is 0.686. The van der Waals surface area contributed by atoms with Crippen molar-refractivity contribution in [2.45, 2.75) is 6.92 Å². The molecule has 2 aromatic carbocycles. The van der Waals surface area contributed by atoms with Gasteiger partial charge in [0.15, 0.2) is 0 Å². The van der Waals surface area contributed by atoms with E-state index in [0.717, 1.165) is 39.1 Å². The summed E-state index contributed by atoms with van der Waals surface area (Å²) in [5.41, 5.74) is 11.5. The zero-order chi connectivity index (χ0) is 14.1. The van der Waals surface area contributed by atoms with E-state index in [0.29, 0.717) is 6.41 Å². The summed E-state index contributed by atoms with van der Waals surface area (Å²) in [5.74, 6) is 0. The van der Waals surface area contributed by atoms with Crippen molar-refractivity contribution < 1.29 is 4.79 Å². The zero-order valence-corrected chi connectivity index (χ0v) is 11.1. The van der Waals surface area contributed by atoms with Crippen LogP contribution in [0.1, 0.15) is 5.69 Å². The minimum Gasteiger partial charge on any atom is -0.399 e. The highest BCUT2D eigenvalue weighted by atomic mass is 16.1. The van der Waals surface area contributed by atoms with Crippen molar-refractivity contribution in [1.82, 2.24) is 4.98 Å². The molecule has 0 aliphatic heterocycles. The molecule has 1 aromatic heterocycles. The molecule has 20 heavy (non-hydrogen) atoms. The van der Waals surface area contributed by atoms with E-state index in [1.807, 2.05) is 43.3 Å². The van der Waals surface area contributed by atoms with Crippen LogP contribution in [0, 0.1) is 6.92 Å². The third-order valence-corrected chi connectivity index (χ3v) is 3.34. The van der Waals surface area contributed by atoms with Gasteiger partial charge in [0.05, 0.1) is 11.2 Å². The molecule has 4 nitrogen and oxygen atoms in total. The number of nitrogens with one attached hydrogen (secondary N) is 2. The maximum Gasteiger partial charge on any atom is 0.211 e. The van der Waals surface area contributed by atoms with Gasteiger partial charge in [0.25, 0.3) is 0 Å². The first-order valence-electron chi connectivity index (χ1n) is 6.37. The third-order valence-electron chi connectivity index (χ3n) is 3.34. The fraction of sp³-hybridized carbons (Fsp3) is 0.0625. The molecule has 0 fully saturated rings. The second kappa shape index (κ2) is 4.74. The van der Waals surface area contributed by atoms with Crippen molar-refractivity contribution >= 4 is 28.7 Å². The summed E-state index contributed by atoms with van der Waals surface area (Å²) in [7, 11) is 0. The van der Waals surface area contributed by atoms with E-state index in [1.165, 1.54) is 0 Å². The summed E-state index contributed by atoms with van der Waals surface area (Å²) in [6.07, 6.45) is 0.686. The van der Waals surface area contributed by atoms with Crippen LogP contribution in [0.5, 0.6) is 0 Å². The summed E-state index contributed by atoms with van der Waals surface area (Å²) < 4.78 is 0. The number of hydrogen-bond acceptors (Lipinski definition) is 2. The number of aromatic nitrogens is 1. The lowest BCUT2D eigenvalue weighted by Gasteiger charge is -2.08. The Balaban J connectivity index is 2.27. The Morgan fingerprint density at radius 1 is 1.20 bits per heavy atom. The van der Waals surface area contributed by atoms with Crippen molar-refractivity contribution in [3.8, 4) is 11.1 Å². The Morgan fingerprint density at radius 2 is 2.05 bits per heavy atom. The highest BCUT2D eigenvalue weighted by Gasteiger charge is 2.10. The van der Waals surface area contributed by atoms with Crippen molar-refractivity contribution in [3.63, 3.8) is 0 Å². The molecule has 0 spiro atoms. The predicted molar refractivity (Wildman–Crippen MR) is 82.6 cm³/mol. The molecule has 100 valence electrons. The van der Waals surface area contributed by atoms with Gasteiger partial charge in [0.2, 0.25) is 6.41 Å². The van der Waals surface area contributed by atoms with Crippen LogP contribution in [0.3, 0.4) is 0 Å². The first-order valence-corrected chi connectivity index (χ1v) is 6.37. The average Bonchev–Trinajstić information content (AvgIpc) is 2.81. The van der Waals surface area contributed by atoms with Crippen LogP contribution < -0.4 is 11.1 Å². The number of fused-ring (bicyclic) bond motifs is 1. The number of nitrogen functional groups attached to an aromatic ring is 1. The van der Waals surface area contributed by atoms with E-state index in [9.17, 15) is 4.79 Å². The molecule has 1 heterocycles. The van der Waals surface area contributed by atoms with E-state index in [2.05, 4.69) is 16.4 Å². The lowest BCUT2D eigenvalue weighted by atomic mass is 10.0. The summed E-state index contributed by atoms with van der Waals surface area (Å²) in [6.45, 7) is 1.99. The van der Waals surface area contributed by atoms with E-state index in [1.54, 1.807) is 0 Å². The van der Waals surface area contributed by atoms with Gasteiger partial charge < -0.3 is 16.0 Å². The monoisotopic (exact) mass is 265 g/mol. The fourth-order valence-corrected chi connectivity index (χ4v) is 2.50. The topological polar surface area (TPSA) is 70.9 Å². The summed E-state index contributed by atoms with van der Waals surface area (Å²) in [5, 5.41) is 3.79. The number of aromatic amines is 1. The number of hydrogen-bond donors (Lipinski definition) is 3. The SMILES string of the molecule is Cc1cc2c(-c3cccc(N)c3)ccc(NC=O)c2[nH]1. The van der Waals surface area contributed by atoms with Gasteiger partial charge in [0, 0.05) is 16.8 Å². The smallest absolute Gasteiger partial charge is 0.211 e. The quantitative estimate of drug-likeness (QED) is 0.502. The number of rotatable bonds is 3. The number of nitrogens with two attached hydrogens (primary N) is 1. The van der Waals surface area contributed by atoms with Gasteiger partial charge in [0.1, 0.15) is 0 Å². The van der Waals surface area contributed by atoms with Crippen molar-refractivity contribution in [3.05, 3.63) is 48.2 Å². The number of H-pyrrole nitrogens is 1. The van der Waals surface area contributed by atoms with E-state index in [4.69, 9.17) is 5.73 Å². The van der Waals surface area contributed by atoms with Gasteiger partial charge in [-0.3, -0.25) is 4.79 Å². The third kappa shape index (κ3) is 2.01. The maximum atomic E-state index is 10.7. The number of amides is 1. The van der Waals surface area contributed by atoms with Gasteiger partial charge >= 0.3 is 0 Å². The Bertz CT molecular complexity index is 790. The van der Waals surface area contributed by atoms with Gasteiger partial charge in [-0.2, -0.15) is 0 Å². The van der Waals surface area contributed by atoms with E-state index >= 15 is 0 Å². The van der Waals surface area contributed by atoms with Crippen LogP contribution in [0.2, 0.25) is 0 Å². The largest absolute Gasteiger partial charge is 0.399 e. The van der Waals surface area contributed by atoms with Gasteiger partial charge in [-0.05, 0) is 42.3 Å². The van der Waals surface area contributed by atoms with Crippen molar-refractivity contribution in [2.24, 2.45) is 0 Å². The van der Waals surface area contributed by atoms with Crippen molar-refractivity contribution in [1.29, 1.82) is 0 Å². The van der Waals surface area contributed by atoms with Gasteiger partial charge in [-0.15, -0.1) is 0 Å². The molecular weight excluding hydrogens is 250 g/mol. The molecular formula is C16H15N3O. The van der Waals surface area contributed by atoms with Crippen LogP contribution in [0.25, 0.3) is 22.0 Å². The standard InChI is InChI=1S/C16H15N3O/c1-10-7-14-13(11-3-2-4-12(17)8-11)5-6-15(18-9-20)16(14)19-10/h2-9,19H,17H2,1H3,(H,18,20). The van der Waals surface area contributed by atoms with Crippen molar-refractivity contribution in [2.75, 3.05) is 11.1 Å². The number of carbonyl (C=O) groups excluding carboxylic acids is 1. The van der Waals surface area contributed by atoms with Crippen LogP contribution in [0.4, 0.5) is 11.4 Å². The Morgan fingerprint density at radius 3 is 2.80 bits per heavy atom. The second-order valence-corrected chi connectivity index (χ2v) is 4.79.